The zero-order valence-corrected chi connectivity index (χ0v) is 16.7. The summed E-state index contributed by atoms with van der Waals surface area (Å²) < 4.78 is 5.69. The van der Waals surface area contributed by atoms with Crippen molar-refractivity contribution in [1.29, 1.82) is 0 Å². The van der Waals surface area contributed by atoms with Gasteiger partial charge in [-0.2, -0.15) is 0 Å². The summed E-state index contributed by atoms with van der Waals surface area (Å²) in [6.45, 7) is 0. The number of nitrogens with zero attached hydrogens (tertiary/aromatic N) is 3. The van der Waals surface area contributed by atoms with Crippen LogP contribution in [0.1, 0.15) is 41.5 Å². The fraction of sp³-hybridized carbons (Fsp3) is 0.318. The molecular formula is C22H23N3O2S. The second kappa shape index (κ2) is 8.61. The Morgan fingerprint density at radius 1 is 1.14 bits per heavy atom. The van der Waals surface area contributed by atoms with Crippen molar-refractivity contribution in [2.24, 2.45) is 0 Å². The molecule has 0 aliphatic heterocycles. The maximum absolute atomic E-state index is 12.7. The minimum Gasteiger partial charge on any atom is -0.416 e. The van der Waals surface area contributed by atoms with Crippen LogP contribution in [0.5, 0.6) is 0 Å². The average Bonchev–Trinajstić information content (AvgIpc) is 3.19. The van der Waals surface area contributed by atoms with E-state index in [4.69, 9.17) is 4.42 Å². The highest BCUT2D eigenvalue weighted by molar-refractivity contribution is 7.99. The van der Waals surface area contributed by atoms with Crippen LogP contribution in [-0.2, 0) is 17.6 Å². The van der Waals surface area contributed by atoms with Gasteiger partial charge in [-0.05, 0) is 36.0 Å². The molecule has 1 amide bonds. The number of thioether (sulfide) groups is 1. The van der Waals surface area contributed by atoms with Gasteiger partial charge in [-0.15, -0.1) is 10.2 Å². The van der Waals surface area contributed by atoms with Gasteiger partial charge >= 0.3 is 0 Å². The standard InChI is InChI=1S/C22H23N3O2S/c1-25(19-13-7-11-17-10-5-6-12-18(17)19)21(26)15-28-22-24-23-20(27-22)14-16-8-3-2-4-9-16/h2-6,8-10,12,19H,7,11,13-15H2,1H3. The molecule has 0 saturated carbocycles. The summed E-state index contributed by atoms with van der Waals surface area (Å²) in [7, 11) is 1.89. The lowest BCUT2D eigenvalue weighted by molar-refractivity contribution is -0.129. The minimum atomic E-state index is 0.0783. The van der Waals surface area contributed by atoms with E-state index in [0.717, 1.165) is 24.8 Å². The van der Waals surface area contributed by atoms with Crippen LogP contribution in [0.2, 0.25) is 0 Å². The Balaban J connectivity index is 1.35. The van der Waals surface area contributed by atoms with E-state index in [2.05, 4.69) is 34.5 Å². The molecule has 1 aromatic heterocycles. The topological polar surface area (TPSA) is 59.2 Å². The lowest BCUT2D eigenvalue weighted by Crippen LogP contribution is -2.34. The van der Waals surface area contributed by atoms with Crippen molar-refractivity contribution in [3.8, 4) is 0 Å². The Labute approximate surface area is 169 Å². The van der Waals surface area contributed by atoms with Crippen molar-refractivity contribution >= 4 is 17.7 Å². The number of hydrogen-bond acceptors (Lipinski definition) is 5. The Morgan fingerprint density at radius 2 is 1.93 bits per heavy atom. The SMILES string of the molecule is CN(C(=O)CSc1nnc(Cc2ccccc2)o1)C1CCCc2ccccc21. The molecule has 1 unspecified atom stereocenters. The van der Waals surface area contributed by atoms with Crippen molar-refractivity contribution in [2.75, 3.05) is 12.8 Å². The van der Waals surface area contributed by atoms with Crippen LogP contribution < -0.4 is 0 Å². The van der Waals surface area contributed by atoms with Crippen molar-refractivity contribution in [2.45, 2.75) is 36.9 Å². The predicted molar refractivity (Wildman–Crippen MR) is 109 cm³/mol. The average molecular weight is 394 g/mol. The molecule has 0 saturated heterocycles. The van der Waals surface area contributed by atoms with Gasteiger partial charge in [0.15, 0.2) is 0 Å². The van der Waals surface area contributed by atoms with Gasteiger partial charge in [-0.25, -0.2) is 0 Å². The second-order valence-corrected chi connectivity index (χ2v) is 7.95. The summed E-state index contributed by atoms with van der Waals surface area (Å²) in [5.74, 6) is 0.938. The largest absolute Gasteiger partial charge is 0.416 e. The molecule has 6 heteroatoms. The number of fused-ring (bicyclic) bond motifs is 1. The molecule has 0 radical (unpaired) electrons. The Bertz CT molecular complexity index is 942. The summed E-state index contributed by atoms with van der Waals surface area (Å²) in [5.41, 5.74) is 3.75. The molecule has 0 spiro atoms. The number of carbonyl (C=O) groups is 1. The number of rotatable bonds is 6. The van der Waals surface area contributed by atoms with Crippen LogP contribution in [-0.4, -0.2) is 33.8 Å². The van der Waals surface area contributed by atoms with Gasteiger partial charge in [-0.3, -0.25) is 4.79 Å². The summed E-state index contributed by atoms with van der Waals surface area (Å²) in [4.78, 5) is 14.6. The molecule has 5 nitrogen and oxygen atoms in total. The summed E-state index contributed by atoms with van der Waals surface area (Å²) in [6.07, 6.45) is 3.81. The summed E-state index contributed by atoms with van der Waals surface area (Å²) in [6, 6.07) is 18.6. The predicted octanol–water partition coefficient (Wildman–Crippen LogP) is 4.29. The molecule has 0 bridgehead atoms. The highest BCUT2D eigenvalue weighted by Crippen LogP contribution is 2.34. The molecule has 4 rings (SSSR count). The zero-order chi connectivity index (χ0) is 19.3. The molecule has 0 N–H and O–H groups in total. The first-order chi connectivity index (χ1) is 13.7. The molecule has 1 aliphatic rings. The van der Waals surface area contributed by atoms with E-state index in [-0.39, 0.29) is 11.9 Å². The first-order valence-electron chi connectivity index (χ1n) is 9.53. The quantitative estimate of drug-likeness (QED) is 0.585. The molecule has 3 aromatic rings. The van der Waals surface area contributed by atoms with Gasteiger partial charge in [0.25, 0.3) is 5.22 Å². The smallest absolute Gasteiger partial charge is 0.277 e. The monoisotopic (exact) mass is 393 g/mol. The minimum absolute atomic E-state index is 0.0783. The third-order valence-electron chi connectivity index (χ3n) is 5.16. The first kappa shape index (κ1) is 18.7. The first-order valence-corrected chi connectivity index (χ1v) is 10.5. The fourth-order valence-electron chi connectivity index (χ4n) is 3.67. The van der Waals surface area contributed by atoms with E-state index >= 15 is 0 Å². The van der Waals surface area contributed by atoms with Crippen molar-refractivity contribution in [3.63, 3.8) is 0 Å². The highest BCUT2D eigenvalue weighted by Gasteiger charge is 2.26. The third kappa shape index (κ3) is 4.28. The number of aromatic nitrogens is 2. The van der Waals surface area contributed by atoms with Gasteiger partial charge in [0.05, 0.1) is 18.2 Å². The Hall–Kier alpha value is -2.60. The fourth-order valence-corrected chi connectivity index (χ4v) is 4.37. The molecule has 1 atom stereocenters. The molecular weight excluding hydrogens is 370 g/mol. The van der Waals surface area contributed by atoms with E-state index in [9.17, 15) is 4.79 Å². The zero-order valence-electron chi connectivity index (χ0n) is 15.9. The van der Waals surface area contributed by atoms with Crippen molar-refractivity contribution in [3.05, 3.63) is 77.2 Å². The van der Waals surface area contributed by atoms with E-state index < -0.39 is 0 Å². The summed E-state index contributed by atoms with van der Waals surface area (Å²) >= 11 is 1.30. The summed E-state index contributed by atoms with van der Waals surface area (Å²) in [5, 5.41) is 8.60. The van der Waals surface area contributed by atoms with Crippen LogP contribution in [0.15, 0.2) is 64.2 Å². The van der Waals surface area contributed by atoms with E-state index in [1.807, 2.05) is 42.3 Å². The Kier molecular flexibility index (Phi) is 5.76. The second-order valence-electron chi connectivity index (χ2n) is 7.02. The van der Waals surface area contributed by atoms with Crippen molar-refractivity contribution in [1.82, 2.24) is 15.1 Å². The van der Waals surface area contributed by atoms with Gasteiger partial charge in [0.1, 0.15) is 0 Å². The number of hydrogen-bond donors (Lipinski definition) is 0. The van der Waals surface area contributed by atoms with Gasteiger partial charge in [-0.1, -0.05) is 66.4 Å². The molecule has 1 heterocycles. The number of benzene rings is 2. The number of amides is 1. The Morgan fingerprint density at radius 3 is 2.79 bits per heavy atom. The van der Waals surface area contributed by atoms with Crippen molar-refractivity contribution < 1.29 is 9.21 Å². The molecule has 1 aliphatic carbocycles. The third-order valence-corrected chi connectivity index (χ3v) is 5.97. The van der Waals surface area contributed by atoms with E-state index in [0.29, 0.717) is 23.3 Å². The van der Waals surface area contributed by atoms with Gasteiger partial charge in [0, 0.05) is 7.05 Å². The van der Waals surface area contributed by atoms with Crippen LogP contribution in [0.4, 0.5) is 0 Å². The number of carbonyl (C=O) groups excluding carboxylic acids is 1. The maximum Gasteiger partial charge on any atom is 0.277 e. The van der Waals surface area contributed by atoms with Crippen LogP contribution in [0.3, 0.4) is 0 Å². The molecule has 28 heavy (non-hydrogen) atoms. The van der Waals surface area contributed by atoms with Gasteiger partial charge in [0.2, 0.25) is 11.8 Å². The normalized spacial score (nSPS) is 15.8. The van der Waals surface area contributed by atoms with Crippen LogP contribution >= 0.6 is 11.8 Å². The molecule has 144 valence electrons. The number of aryl methyl sites for hydroxylation is 1. The van der Waals surface area contributed by atoms with E-state index in [1.165, 1.54) is 22.9 Å². The van der Waals surface area contributed by atoms with Crippen LogP contribution in [0.25, 0.3) is 0 Å². The maximum atomic E-state index is 12.7. The molecule has 2 aromatic carbocycles. The van der Waals surface area contributed by atoms with E-state index in [1.54, 1.807) is 0 Å². The molecule has 0 fully saturated rings. The lowest BCUT2D eigenvalue weighted by atomic mass is 9.87. The highest BCUT2D eigenvalue weighted by atomic mass is 32.2. The van der Waals surface area contributed by atoms with Gasteiger partial charge < -0.3 is 9.32 Å². The lowest BCUT2D eigenvalue weighted by Gasteiger charge is -2.33. The van der Waals surface area contributed by atoms with Crippen LogP contribution in [0, 0.1) is 0 Å².